The predicted molar refractivity (Wildman–Crippen MR) is 161 cm³/mol. The van der Waals surface area contributed by atoms with Gasteiger partial charge in [-0.05, 0) is 66.7 Å². The number of ether oxygens (including phenoxy) is 2. The lowest BCUT2D eigenvalue weighted by molar-refractivity contribution is -0.275. The molecule has 0 fully saturated rings. The van der Waals surface area contributed by atoms with Crippen LogP contribution in [0.15, 0.2) is 121 Å². The topological polar surface area (TPSA) is 18.5 Å². The second kappa shape index (κ2) is 10.2. The van der Waals surface area contributed by atoms with Crippen LogP contribution >= 0.6 is 0 Å². The van der Waals surface area contributed by atoms with E-state index in [0.29, 0.717) is 32.7 Å². The molecule has 0 atom stereocenters. The van der Waals surface area contributed by atoms with E-state index in [4.69, 9.17) is 0 Å². The van der Waals surface area contributed by atoms with E-state index in [2.05, 4.69) is 9.47 Å². The fraction of sp³-hybridized carbons (Fsp3) is 0.0556. The molecule has 0 bridgehead atoms. The Balaban J connectivity index is 1.57. The summed E-state index contributed by atoms with van der Waals surface area (Å²) < 4.78 is 88.2. The molecule has 0 heterocycles. The molecule has 7 rings (SSSR count). The largest absolute Gasteiger partial charge is 0.573 e. The minimum absolute atomic E-state index is 0.297. The zero-order valence-electron chi connectivity index (χ0n) is 22.6. The second-order valence-corrected chi connectivity index (χ2v) is 10.3. The first kappa shape index (κ1) is 27.6. The summed E-state index contributed by atoms with van der Waals surface area (Å²) in [6.45, 7) is 0. The van der Waals surface area contributed by atoms with Crippen molar-refractivity contribution in [2.45, 2.75) is 12.7 Å². The predicted octanol–water partition coefficient (Wildman–Crippen LogP) is 11.4. The molecule has 0 aromatic heterocycles. The molecule has 218 valence electrons. The van der Waals surface area contributed by atoms with Crippen molar-refractivity contribution in [1.29, 1.82) is 0 Å². The van der Waals surface area contributed by atoms with Crippen molar-refractivity contribution < 1.29 is 35.8 Å². The highest BCUT2D eigenvalue weighted by Crippen LogP contribution is 2.48. The first-order valence-electron chi connectivity index (χ1n) is 13.6. The molecule has 7 aromatic carbocycles. The Morgan fingerprint density at radius 2 is 0.591 bits per heavy atom. The van der Waals surface area contributed by atoms with E-state index in [0.717, 1.165) is 32.7 Å². The van der Waals surface area contributed by atoms with Gasteiger partial charge in [-0.15, -0.1) is 26.3 Å². The van der Waals surface area contributed by atoms with Crippen molar-refractivity contribution in [2.75, 3.05) is 0 Å². The second-order valence-electron chi connectivity index (χ2n) is 10.3. The van der Waals surface area contributed by atoms with Gasteiger partial charge >= 0.3 is 12.7 Å². The summed E-state index contributed by atoms with van der Waals surface area (Å²) in [4.78, 5) is 0. The Kier molecular flexibility index (Phi) is 6.39. The maximum absolute atomic E-state index is 13.2. The maximum Gasteiger partial charge on any atom is 0.573 e. The van der Waals surface area contributed by atoms with Crippen molar-refractivity contribution in [1.82, 2.24) is 0 Å². The molecule has 0 aliphatic rings. The molecule has 0 spiro atoms. The number of fused-ring (bicyclic) bond motifs is 4. The summed E-state index contributed by atoms with van der Waals surface area (Å²) in [5.74, 6) is -0.593. The molecule has 0 radical (unpaired) electrons. The van der Waals surface area contributed by atoms with Gasteiger partial charge in [-0.1, -0.05) is 109 Å². The van der Waals surface area contributed by atoms with Crippen LogP contribution in [-0.4, -0.2) is 12.7 Å². The molecular formula is C36H20F6O2. The van der Waals surface area contributed by atoms with E-state index in [-0.39, 0.29) is 11.5 Å². The van der Waals surface area contributed by atoms with E-state index in [9.17, 15) is 26.3 Å². The standard InChI is InChI=1S/C36H20F6O2/c37-35(38,39)43-31-19-17-29(21-9-1-3-11-23(21)31)33-25-13-5-7-15-27(25)34(28-16-8-6-14-26(28)33)30-18-20-32(44-36(40,41)42)24-12-4-2-10-22(24)30/h1-20H. The molecule has 0 N–H and O–H groups in total. The summed E-state index contributed by atoms with van der Waals surface area (Å²) in [5.41, 5.74) is 3.06. The fourth-order valence-corrected chi connectivity index (χ4v) is 6.11. The van der Waals surface area contributed by atoms with Gasteiger partial charge in [0, 0.05) is 10.8 Å². The Morgan fingerprint density at radius 1 is 0.318 bits per heavy atom. The zero-order chi connectivity index (χ0) is 30.6. The van der Waals surface area contributed by atoms with Crippen LogP contribution < -0.4 is 9.47 Å². The summed E-state index contributed by atoms with van der Waals surface area (Å²) in [7, 11) is 0. The molecule has 0 unspecified atom stereocenters. The quantitative estimate of drug-likeness (QED) is 0.148. The SMILES string of the molecule is FC(F)(F)Oc1ccc(-c2c3ccccc3c(-c3ccc(OC(F)(F)F)c4ccccc34)c3ccccc23)c2ccccc12. The fourth-order valence-electron chi connectivity index (χ4n) is 6.11. The van der Waals surface area contributed by atoms with Gasteiger partial charge in [0.25, 0.3) is 0 Å². The number of alkyl halides is 6. The number of rotatable bonds is 4. The van der Waals surface area contributed by atoms with Crippen LogP contribution in [0.5, 0.6) is 11.5 Å². The third-order valence-corrected chi connectivity index (χ3v) is 7.69. The van der Waals surface area contributed by atoms with Crippen molar-refractivity contribution >= 4 is 43.1 Å². The van der Waals surface area contributed by atoms with E-state index in [1.807, 2.05) is 48.5 Å². The lowest BCUT2D eigenvalue weighted by Crippen LogP contribution is -2.17. The van der Waals surface area contributed by atoms with Crippen LogP contribution in [0, 0.1) is 0 Å². The minimum Gasteiger partial charge on any atom is -0.405 e. The number of halogens is 6. The van der Waals surface area contributed by atoms with Gasteiger partial charge in [0.15, 0.2) is 0 Å². The Labute approximate surface area is 246 Å². The van der Waals surface area contributed by atoms with Gasteiger partial charge in [0.1, 0.15) is 11.5 Å². The molecule has 0 saturated carbocycles. The third-order valence-electron chi connectivity index (χ3n) is 7.69. The van der Waals surface area contributed by atoms with Gasteiger partial charge in [-0.25, -0.2) is 0 Å². The molecular weight excluding hydrogens is 578 g/mol. The van der Waals surface area contributed by atoms with Gasteiger partial charge in [-0.3, -0.25) is 0 Å². The van der Waals surface area contributed by atoms with Crippen molar-refractivity contribution in [3.63, 3.8) is 0 Å². The van der Waals surface area contributed by atoms with Crippen LogP contribution in [0.3, 0.4) is 0 Å². The van der Waals surface area contributed by atoms with Crippen molar-refractivity contribution in [3.8, 4) is 33.8 Å². The monoisotopic (exact) mass is 598 g/mol. The average Bonchev–Trinajstić information content (AvgIpc) is 2.99. The van der Waals surface area contributed by atoms with Gasteiger partial charge in [0.2, 0.25) is 0 Å². The first-order chi connectivity index (χ1) is 21.1. The van der Waals surface area contributed by atoms with Crippen LogP contribution in [0.4, 0.5) is 26.3 Å². The molecule has 2 nitrogen and oxygen atoms in total. The Bertz CT molecular complexity index is 2000. The third kappa shape index (κ3) is 4.82. The van der Waals surface area contributed by atoms with Gasteiger partial charge in [-0.2, -0.15) is 0 Å². The van der Waals surface area contributed by atoms with Crippen LogP contribution in [0.1, 0.15) is 0 Å². The summed E-state index contributed by atoms with van der Waals surface area (Å²) in [6.07, 6.45) is -9.70. The number of benzene rings is 7. The minimum atomic E-state index is -4.85. The number of hydrogen-bond acceptors (Lipinski definition) is 2. The highest BCUT2D eigenvalue weighted by atomic mass is 19.4. The maximum atomic E-state index is 13.2. The molecule has 0 amide bonds. The first-order valence-corrected chi connectivity index (χ1v) is 13.6. The normalized spacial score (nSPS) is 12.3. The molecule has 7 aromatic rings. The van der Waals surface area contributed by atoms with E-state index in [1.165, 1.54) is 12.1 Å². The van der Waals surface area contributed by atoms with Crippen molar-refractivity contribution in [2.24, 2.45) is 0 Å². The van der Waals surface area contributed by atoms with Crippen LogP contribution in [0.25, 0.3) is 65.3 Å². The molecule has 0 saturated heterocycles. The highest BCUT2D eigenvalue weighted by Gasteiger charge is 2.33. The summed E-state index contributed by atoms with van der Waals surface area (Å²) in [5, 5.41) is 5.10. The zero-order valence-corrected chi connectivity index (χ0v) is 22.6. The molecule has 0 aliphatic heterocycles. The van der Waals surface area contributed by atoms with E-state index < -0.39 is 12.7 Å². The molecule has 8 heteroatoms. The van der Waals surface area contributed by atoms with Gasteiger partial charge < -0.3 is 9.47 Å². The van der Waals surface area contributed by atoms with Crippen LogP contribution in [-0.2, 0) is 0 Å². The Morgan fingerprint density at radius 3 is 0.886 bits per heavy atom. The molecule has 0 aliphatic carbocycles. The van der Waals surface area contributed by atoms with Crippen molar-refractivity contribution in [3.05, 3.63) is 121 Å². The summed E-state index contributed by atoms with van der Waals surface area (Å²) >= 11 is 0. The Hall–Kier alpha value is -5.24. The summed E-state index contributed by atoms with van der Waals surface area (Å²) in [6, 6.07) is 34.8. The lowest BCUT2D eigenvalue weighted by Gasteiger charge is -2.21. The highest BCUT2D eigenvalue weighted by molar-refractivity contribution is 6.25. The van der Waals surface area contributed by atoms with Crippen LogP contribution in [0.2, 0.25) is 0 Å². The van der Waals surface area contributed by atoms with Gasteiger partial charge in [0.05, 0.1) is 0 Å². The number of hydrogen-bond donors (Lipinski definition) is 0. The average molecular weight is 599 g/mol. The molecule has 44 heavy (non-hydrogen) atoms. The lowest BCUT2D eigenvalue weighted by atomic mass is 9.83. The van der Waals surface area contributed by atoms with E-state index >= 15 is 0 Å². The van der Waals surface area contributed by atoms with E-state index in [1.54, 1.807) is 60.7 Å². The smallest absolute Gasteiger partial charge is 0.405 e.